The number of nitrogens with zero attached hydrogens (tertiary/aromatic N) is 3. The van der Waals surface area contributed by atoms with E-state index < -0.39 is 17.9 Å². The maximum absolute atomic E-state index is 11.7. The molecule has 1 aliphatic heterocycles. The fourth-order valence-electron chi connectivity index (χ4n) is 1.62. The Morgan fingerprint density at radius 3 is 3.06 bits per heavy atom. The van der Waals surface area contributed by atoms with Gasteiger partial charge in [-0.3, -0.25) is 24.3 Å². The number of hydrogen-bond donors (Lipinski definition) is 2. The highest BCUT2D eigenvalue weighted by atomic mass is 32.2. The van der Waals surface area contributed by atoms with Gasteiger partial charge in [-0.1, -0.05) is 11.8 Å². The molecule has 9 heteroatoms. The minimum absolute atomic E-state index is 0.161. The van der Waals surface area contributed by atoms with Gasteiger partial charge < -0.3 is 5.11 Å². The van der Waals surface area contributed by atoms with E-state index in [-0.39, 0.29) is 18.1 Å². The van der Waals surface area contributed by atoms with Crippen LogP contribution in [0.4, 0.5) is 0 Å². The number of piperidine rings is 1. The highest BCUT2D eigenvalue weighted by molar-refractivity contribution is 7.99. The Bertz CT molecular complexity index is 501. The molecule has 0 aliphatic carbocycles. The van der Waals surface area contributed by atoms with Gasteiger partial charge in [0, 0.05) is 6.42 Å². The predicted octanol–water partition coefficient (Wildman–Crippen LogP) is -0.567. The second kappa shape index (κ2) is 5.17. The van der Waals surface area contributed by atoms with Gasteiger partial charge in [-0.05, 0) is 6.42 Å². The molecular weight excluding hydrogens is 260 g/mol. The zero-order valence-electron chi connectivity index (χ0n) is 9.20. The molecule has 0 radical (unpaired) electrons. The van der Waals surface area contributed by atoms with E-state index in [2.05, 4.69) is 15.5 Å². The highest BCUT2D eigenvalue weighted by Crippen LogP contribution is 2.24. The van der Waals surface area contributed by atoms with Crippen LogP contribution < -0.4 is 5.32 Å². The number of aliphatic carboxylic acids is 1. The first-order valence-electron chi connectivity index (χ1n) is 5.15. The van der Waals surface area contributed by atoms with Crippen LogP contribution in [-0.4, -0.2) is 43.4 Å². The van der Waals surface area contributed by atoms with Crippen LogP contribution in [0.1, 0.15) is 18.9 Å². The lowest BCUT2D eigenvalue weighted by Crippen LogP contribution is -2.41. The molecule has 1 atom stereocenters. The number of carboxylic acids is 1. The highest BCUT2D eigenvalue weighted by Gasteiger charge is 2.29. The van der Waals surface area contributed by atoms with Crippen LogP contribution in [-0.2, 0) is 14.4 Å². The van der Waals surface area contributed by atoms with Crippen LogP contribution in [0.15, 0.2) is 11.5 Å². The second-order valence-corrected chi connectivity index (χ2v) is 4.61. The second-order valence-electron chi connectivity index (χ2n) is 3.67. The first-order chi connectivity index (χ1) is 8.58. The summed E-state index contributed by atoms with van der Waals surface area (Å²) in [5.74, 6) is -1.85. The van der Waals surface area contributed by atoms with Gasteiger partial charge in [0.15, 0.2) is 5.16 Å². The molecule has 1 aromatic rings. The van der Waals surface area contributed by atoms with Gasteiger partial charge in [0.2, 0.25) is 11.8 Å². The van der Waals surface area contributed by atoms with Crippen LogP contribution in [0.2, 0.25) is 0 Å². The molecule has 1 saturated heterocycles. The molecule has 0 bridgehead atoms. The Balaban J connectivity index is 2.13. The van der Waals surface area contributed by atoms with Crippen molar-refractivity contribution in [2.45, 2.75) is 24.0 Å². The van der Waals surface area contributed by atoms with Crippen molar-refractivity contribution in [3.05, 3.63) is 6.33 Å². The summed E-state index contributed by atoms with van der Waals surface area (Å²) in [5, 5.41) is 18.6. The molecule has 2 rings (SSSR count). The maximum atomic E-state index is 11.7. The van der Waals surface area contributed by atoms with Gasteiger partial charge in [-0.25, -0.2) is 0 Å². The van der Waals surface area contributed by atoms with Crippen molar-refractivity contribution < 1.29 is 19.5 Å². The first kappa shape index (κ1) is 12.6. The molecule has 0 aromatic carbocycles. The minimum atomic E-state index is -0.974. The Kier molecular flexibility index (Phi) is 3.60. The molecule has 18 heavy (non-hydrogen) atoms. The summed E-state index contributed by atoms with van der Waals surface area (Å²) in [4.78, 5) is 33.2. The number of hydrogen-bond acceptors (Lipinski definition) is 6. The summed E-state index contributed by atoms with van der Waals surface area (Å²) < 4.78 is 1.50. The average Bonchev–Trinajstić information content (AvgIpc) is 2.74. The largest absolute Gasteiger partial charge is 0.481 e. The van der Waals surface area contributed by atoms with Crippen LogP contribution >= 0.6 is 11.8 Å². The van der Waals surface area contributed by atoms with Crippen LogP contribution in [0.25, 0.3) is 0 Å². The van der Waals surface area contributed by atoms with Gasteiger partial charge in [0.1, 0.15) is 12.4 Å². The molecule has 8 nitrogen and oxygen atoms in total. The SMILES string of the molecule is O=C(O)CSc1nncn1C1CCC(=O)NC1=O. The quantitative estimate of drug-likeness (QED) is 0.556. The van der Waals surface area contributed by atoms with Crippen molar-refractivity contribution in [2.24, 2.45) is 0 Å². The lowest BCUT2D eigenvalue weighted by atomic mass is 10.1. The number of amides is 2. The van der Waals surface area contributed by atoms with Crippen molar-refractivity contribution in [3.63, 3.8) is 0 Å². The van der Waals surface area contributed by atoms with Crippen molar-refractivity contribution in [2.75, 3.05) is 5.75 Å². The number of nitrogens with one attached hydrogen (secondary N) is 1. The van der Waals surface area contributed by atoms with E-state index in [0.717, 1.165) is 11.8 Å². The zero-order valence-corrected chi connectivity index (χ0v) is 10.0. The van der Waals surface area contributed by atoms with Crippen molar-refractivity contribution in [3.8, 4) is 0 Å². The lowest BCUT2D eigenvalue weighted by Gasteiger charge is -2.22. The summed E-state index contributed by atoms with van der Waals surface area (Å²) >= 11 is 0.983. The number of thioether (sulfide) groups is 1. The number of carbonyl (C=O) groups excluding carboxylic acids is 2. The molecule has 2 heterocycles. The van der Waals surface area contributed by atoms with E-state index in [1.807, 2.05) is 0 Å². The number of carboxylic acid groups (broad SMARTS) is 1. The van der Waals surface area contributed by atoms with Gasteiger partial charge in [-0.2, -0.15) is 0 Å². The van der Waals surface area contributed by atoms with Crippen molar-refractivity contribution in [1.82, 2.24) is 20.1 Å². The summed E-state index contributed by atoms with van der Waals surface area (Å²) in [6.45, 7) is 0. The van der Waals surface area contributed by atoms with E-state index in [1.54, 1.807) is 0 Å². The molecule has 0 saturated carbocycles. The monoisotopic (exact) mass is 270 g/mol. The molecule has 0 spiro atoms. The number of carbonyl (C=O) groups is 3. The van der Waals surface area contributed by atoms with E-state index in [4.69, 9.17) is 5.11 Å². The van der Waals surface area contributed by atoms with Gasteiger partial charge >= 0.3 is 5.97 Å². The number of aromatic nitrogens is 3. The van der Waals surface area contributed by atoms with E-state index >= 15 is 0 Å². The number of imide groups is 1. The predicted molar refractivity (Wildman–Crippen MR) is 59.8 cm³/mol. The summed E-state index contributed by atoms with van der Waals surface area (Å²) in [7, 11) is 0. The third-order valence-corrected chi connectivity index (χ3v) is 3.35. The molecule has 1 aliphatic rings. The van der Waals surface area contributed by atoms with Crippen LogP contribution in [0, 0.1) is 0 Å². The van der Waals surface area contributed by atoms with Gasteiger partial charge in [0.25, 0.3) is 0 Å². The van der Waals surface area contributed by atoms with E-state index in [1.165, 1.54) is 10.9 Å². The minimum Gasteiger partial charge on any atom is -0.481 e. The first-order valence-corrected chi connectivity index (χ1v) is 6.14. The molecule has 1 unspecified atom stereocenters. The Morgan fingerprint density at radius 2 is 2.39 bits per heavy atom. The third kappa shape index (κ3) is 2.67. The summed E-state index contributed by atoms with van der Waals surface area (Å²) in [5.41, 5.74) is 0. The van der Waals surface area contributed by atoms with Crippen molar-refractivity contribution in [1.29, 1.82) is 0 Å². The molecule has 96 valence electrons. The standard InChI is InChI=1S/C9H10N4O4S/c14-6-2-1-5(8(17)11-6)13-4-10-12-9(13)18-3-7(15)16/h4-5H,1-3H2,(H,15,16)(H,11,14,17). The molecule has 1 fully saturated rings. The topological polar surface area (TPSA) is 114 Å². The lowest BCUT2D eigenvalue weighted by molar-refractivity contribution is -0.136. The molecule has 1 aromatic heterocycles. The third-order valence-electron chi connectivity index (χ3n) is 2.41. The Labute approximate surface area is 106 Å². The van der Waals surface area contributed by atoms with Crippen LogP contribution in [0.3, 0.4) is 0 Å². The summed E-state index contributed by atoms with van der Waals surface area (Å²) in [6.07, 6.45) is 1.98. The fraction of sp³-hybridized carbons (Fsp3) is 0.444. The molecule has 2 N–H and O–H groups in total. The van der Waals surface area contributed by atoms with E-state index in [9.17, 15) is 14.4 Å². The smallest absolute Gasteiger partial charge is 0.313 e. The zero-order chi connectivity index (χ0) is 13.1. The fourth-order valence-corrected chi connectivity index (χ4v) is 2.30. The normalized spacial score (nSPS) is 19.7. The van der Waals surface area contributed by atoms with E-state index in [0.29, 0.717) is 11.6 Å². The summed E-state index contributed by atoms with van der Waals surface area (Å²) in [6, 6.07) is -0.561. The molecular formula is C9H10N4O4S. The average molecular weight is 270 g/mol. The Hall–Kier alpha value is -1.90. The van der Waals surface area contributed by atoms with Crippen molar-refractivity contribution >= 4 is 29.5 Å². The van der Waals surface area contributed by atoms with Gasteiger partial charge in [0.05, 0.1) is 5.75 Å². The maximum Gasteiger partial charge on any atom is 0.313 e. The Morgan fingerprint density at radius 1 is 1.61 bits per heavy atom. The number of rotatable bonds is 4. The van der Waals surface area contributed by atoms with Gasteiger partial charge in [-0.15, -0.1) is 10.2 Å². The molecule has 2 amide bonds. The van der Waals surface area contributed by atoms with Crippen LogP contribution in [0.5, 0.6) is 0 Å².